The Morgan fingerprint density at radius 2 is 1.94 bits per heavy atom. The minimum atomic E-state index is -1.15. The summed E-state index contributed by atoms with van der Waals surface area (Å²) in [5, 5.41) is 18.6. The molecule has 0 aliphatic rings. The summed E-state index contributed by atoms with van der Waals surface area (Å²) in [6.07, 6.45) is 1.53. The lowest BCUT2D eigenvalue weighted by atomic mass is 9.93. The maximum Gasteiger partial charge on any atom is 0.335 e. The number of aliphatic carboxylic acids is 1. The lowest BCUT2D eigenvalue weighted by Gasteiger charge is -2.32. The maximum absolute atomic E-state index is 11.3. The molecule has 0 radical (unpaired) electrons. The molecule has 0 spiro atoms. The first-order chi connectivity index (χ1) is 7.39. The van der Waals surface area contributed by atoms with Crippen molar-refractivity contribution >= 4 is 5.97 Å². The highest BCUT2D eigenvalue weighted by molar-refractivity contribution is 5.77. The van der Waals surface area contributed by atoms with Crippen LogP contribution in [-0.4, -0.2) is 34.0 Å². The predicted octanol–water partition coefficient (Wildman–Crippen LogP) is 2.20. The number of carboxylic acids is 1. The van der Waals surface area contributed by atoms with Crippen LogP contribution in [0.4, 0.5) is 0 Å². The lowest BCUT2D eigenvalue weighted by Crippen LogP contribution is -2.45. The first-order valence-corrected chi connectivity index (χ1v) is 5.99. The van der Waals surface area contributed by atoms with E-state index in [4.69, 9.17) is 4.74 Å². The summed E-state index contributed by atoms with van der Waals surface area (Å²) in [5.41, 5.74) is -1.15. The quantitative estimate of drug-likeness (QED) is 0.673. The average Bonchev–Trinajstić information content (AvgIpc) is 2.23. The van der Waals surface area contributed by atoms with Gasteiger partial charge in [-0.15, -0.1) is 0 Å². The molecule has 0 bridgehead atoms. The number of aliphatic hydroxyl groups is 1. The van der Waals surface area contributed by atoms with Gasteiger partial charge in [-0.3, -0.25) is 0 Å². The van der Waals surface area contributed by atoms with E-state index >= 15 is 0 Å². The van der Waals surface area contributed by atoms with Gasteiger partial charge in [-0.2, -0.15) is 0 Å². The van der Waals surface area contributed by atoms with Crippen molar-refractivity contribution in [1.82, 2.24) is 0 Å². The molecule has 16 heavy (non-hydrogen) atoms. The Kier molecular flexibility index (Phi) is 6.60. The Morgan fingerprint density at radius 3 is 2.25 bits per heavy atom. The Bertz CT molecular complexity index is 215. The van der Waals surface area contributed by atoms with Crippen LogP contribution < -0.4 is 0 Å². The second-order valence-electron chi connectivity index (χ2n) is 4.32. The molecule has 0 aliphatic heterocycles. The van der Waals surface area contributed by atoms with Crippen LogP contribution in [0.15, 0.2) is 0 Å². The maximum atomic E-state index is 11.3. The average molecular weight is 232 g/mol. The van der Waals surface area contributed by atoms with E-state index in [0.717, 1.165) is 12.8 Å². The SMILES string of the molecule is CCCCC(CC)(OC(C)C(C)O)C(=O)O. The Labute approximate surface area is 97.6 Å². The fourth-order valence-electron chi connectivity index (χ4n) is 1.54. The van der Waals surface area contributed by atoms with Gasteiger partial charge in [0.05, 0.1) is 12.2 Å². The second kappa shape index (κ2) is 6.86. The van der Waals surface area contributed by atoms with Crippen molar-refractivity contribution in [3.63, 3.8) is 0 Å². The van der Waals surface area contributed by atoms with E-state index < -0.39 is 23.8 Å². The van der Waals surface area contributed by atoms with Crippen molar-refractivity contribution in [2.75, 3.05) is 0 Å². The highest BCUT2D eigenvalue weighted by Gasteiger charge is 2.39. The van der Waals surface area contributed by atoms with E-state index in [1.807, 2.05) is 6.92 Å². The molecule has 96 valence electrons. The first kappa shape index (κ1) is 15.4. The van der Waals surface area contributed by atoms with Crippen molar-refractivity contribution in [2.45, 2.75) is 71.2 Å². The summed E-state index contributed by atoms with van der Waals surface area (Å²) in [6, 6.07) is 0. The van der Waals surface area contributed by atoms with Crippen LogP contribution >= 0.6 is 0 Å². The molecule has 0 amide bonds. The van der Waals surface area contributed by atoms with Gasteiger partial charge >= 0.3 is 5.97 Å². The molecule has 0 aromatic heterocycles. The molecule has 0 rings (SSSR count). The zero-order chi connectivity index (χ0) is 12.8. The van der Waals surface area contributed by atoms with Crippen molar-refractivity contribution in [1.29, 1.82) is 0 Å². The van der Waals surface area contributed by atoms with E-state index in [-0.39, 0.29) is 0 Å². The minimum absolute atomic E-state index is 0.416. The Hall–Kier alpha value is -0.610. The van der Waals surface area contributed by atoms with Gasteiger partial charge < -0.3 is 14.9 Å². The zero-order valence-electron chi connectivity index (χ0n) is 10.7. The molecule has 0 aromatic carbocycles. The lowest BCUT2D eigenvalue weighted by molar-refractivity contribution is -0.182. The number of unbranched alkanes of at least 4 members (excludes halogenated alkanes) is 1. The number of hydrogen-bond acceptors (Lipinski definition) is 3. The highest BCUT2D eigenvalue weighted by atomic mass is 16.5. The summed E-state index contributed by atoms with van der Waals surface area (Å²) in [4.78, 5) is 11.3. The Morgan fingerprint density at radius 1 is 1.38 bits per heavy atom. The van der Waals surface area contributed by atoms with Crippen LogP contribution in [0, 0.1) is 0 Å². The van der Waals surface area contributed by atoms with Crippen LogP contribution in [0.1, 0.15) is 53.4 Å². The summed E-state index contributed by atoms with van der Waals surface area (Å²) >= 11 is 0. The molecule has 4 nitrogen and oxygen atoms in total. The van der Waals surface area contributed by atoms with Gasteiger partial charge in [0.1, 0.15) is 0 Å². The van der Waals surface area contributed by atoms with E-state index in [0.29, 0.717) is 12.8 Å². The van der Waals surface area contributed by atoms with Crippen LogP contribution in [0.2, 0.25) is 0 Å². The van der Waals surface area contributed by atoms with Crippen LogP contribution in [0.25, 0.3) is 0 Å². The third-order valence-corrected chi connectivity index (χ3v) is 2.99. The predicted molar refractivity (Wildman–Crippen MR) is 62.4 cm³/mol. The van der Waals surface area contributed by atoms with Gasteiger partial charge in [0.15, 0.2) is 5.60 Å². The molecule has 0 aliphatic carbocycles. The van der Waals surface area contributed by atoms with Crippen LogP contribution in [-0.2, 0) is 9.53 Å². The molecule has 3 atom stereocenters. The molecule has 0 heterocycles. The molecule has 2 N–H and O–H groups in total. The molecule has 0 aromatic rings. The molecular weight excluding hydrogens is 208 g/mol. The van der Waals surface area contributed by atoms with E-state index in [2.05, 4.69) is 0 Å². The normalized spacial score (nSPS) is 18.8. The zero-order valence-corrected chi connectivity index (χ0v) is 10.7. The molecule has 0 saturated carbocycles. The van der Waals surface area contributed by atoms with Crippen molar-refractivity contribution in [3.05, 3.63) is 0 Å². The topological polar surface area (TPSA) is 66.8 Å². The number of rotatable bonds is 8. The summed E-state index contributed by atoms with van der Waals surface area (Å²) in [7, 11) is 0. The van der Waals surface area contributed by atoms with Gasteiger partial charge in [-0.25, -0.2) is 4.79 Å². The smallest absolute Gasteiger partial charge is 0.335 e. The number of ether oxygens (including phenoxy) is 1. The number of hydrogen-bond donors (Lipinski definition) is 2. The molecule has 3 unspecified atom stereocenters. The van der Waals surface area contributed by atoms with Crippen LogP contribution in [0.3, 0.4) is 0 Å². The third-order valence-electron chi connectivity index (χ3n) is 2.99. The standard InChI is InChI=1S/C12H24O4/c1-5-7-8-12(6-2,11(14)15)16-10(4)9(3)13/h9-10,13H,5-8H2,1-4H3,(H,14,15). The summed E-state index contributed by atoms with van der Waals surface area (Å²) in [6.45, 7) is 7.12. The summed E-state index contributed by atoms with van der Waals surface area (Å²) in [5.74, 6) is -0.934. The first-order valence-electron chi connectivity index (χ1n) is 5.99. The van der Waals surface area contributed by atoms with E-state index in [9.17, 15) is 15.0 Å². The third kappa shape index (κ3) is 4.10. The largest absolute Gasteiger partial charge is 0.479 e. The number of carbonyl (C=O) groups is 1. The van der Waals surface area contributed by atoms with Gasteiger partial charge in [0.25, 0.3) is 0 Å². The van der Waals surface area contributed by atoms with Gasteiger partial charge in [-0.1, -0.05) is 26.7 Å². The van der Waals surface area contributed by atoms with Crippen molar-refractivity contribution in [3.8, 4) is 0 Å². The molecular formula is C12H24O4. The minimum Gasteiger partial charge on any atom is -0.479 e. The van der Waals surface area contributed by atoms with Crippen molar-refractivity contribution in [2.24, 2.45) is 0 Å². The molecule has 0 saturated heterocycles. The Balaban J connectivity index is 4.69. The number of carboxylic acid groups (broad SMARTS) is 1. The second-order valence-corrected chi connectivity index (χ2v) is 4.32. The number of aliphatic hydroxyl groups excluding tert-OH is 1. The van der Waals surface area contributed by atoms with E-state index in [1.165, 1.54) is 0 Å². The van der Waals surface area contributed by atoms with Gasteiger partial charge in [0, 0.05) is 0 Å². The highest BCUT2D eigenvalue weighted by Crippen LogP contribution is 2.26. The fraction of sp³-hybridized carbons (Fsp3) is 0.917. The van der Waals surface area contributed by atoms with Crippen molar-refractivity contribution < 1.29 is 19.7 Å². The summed E-state index contributed by atoms with van der Waals surface area (Å²) < 4.78 is 5.56. The van der Waals surface area contributed by atoms with Gasteiger partial charge in [-0.05, 0) is 26.7 Å². The fourth-order valence-corrected chi connectivity index (χ4v) is 1.54. The van der Waals surface area contributed by atoms with E-state index in [1.54, 1.807) is 20.8 Å². The monoisotopic (exact) mass is 232 g/mol. The van der Waals surface area contributed by atoms with Crippen LogP contribution in [0.5, 0.6) is 0 Å². The van der Waals surface area contributed by atoms with Gasteiger partial charge in [0.2, 0.25) is 0 Å². The molecule has 4 heteroatoms. The molecule has 0 fully saturated rings.